The molecule has 2 amide bonds. The van der Waals surface area contributed by atoms with Crippen LogP contribution in [-0.2, 0) is 4.79 Å². The molecule has 1 rings (SSSR count). The van der Waals surface area contributed by atoms with Crippen molar-refractivity contribution in [2.24, 2.45) is 5.73 Å². The molecule has 1 aromatic rings. The molecule has 0 aliphatic rings. The first-order valence-electron chi connectivity index (χ1n) is 5.36. The Morgan fingerprint density at radius 3 is 2.71 bits per heavy atom. The Bertz CT molecular complexity index is 403. The van der Waals surface area contributed by atoms with Crippen LogP contribution in [0.15, 0.2) is 21.4 Å². The number of carbonyl (C=O) groups excluding carboxylic acids is 2. The van der Waals surface area contributed by atoms with Gasteiger partial charge in [0.25, 0.3) is 5.91 Å². The van der Waals surface area contributed by atoms with Gasteiger partial charge in [-0.25, -0.2) is 0 Å². The maximum absolute atomic E-state index is 12.1. The highest BCUT2D eigenvalue weighted by molar-refractivity contribution is 9.10. The normalized spacial score (nSPS) is 10.2. The summed E-state index contributed by atoms with van der Waals surface area (Å²) in [5.41, 5.74) is 5.53. The molecular weight excluding hydrogens is 288 g/mol. The van der Waals surface area contributed by atoms with Crippen molar-refractivity contribution >= 4 is 27.7 Å². The number of nitrogens with two attached hydrogens (primary N) is 1. The van der Waals surface area contributed by atoms with E-state index in [0.717, 1.165) is 12.8 Å². The predicted molar refractivity (Wildman–Crippen MR) is 66.4 cm³/mol. The average molecular weight is 303 g/mol. The molecule has 5 nitrogen and oxygen atoms in total. The largest absolute Gasteiger partial charge is 0.457 e. The number of halogens is 1. The van der Waals surface area contributed by atoms with Gasteiger partial charge in [-0.15, -0.1) is 0 Å². The highest BCUT2D eigenvalue weighted by Crippen LogP contribution is 2.19. The van der Waals surface area contributed by atoms with E-state index in [-0.39, 0.29) is 12.5 Å². The van der Waals surface area contributed by atoms with Gasteiger partial charge in [0.05, 0.1) is 18.4 Å². The van der Waals surface area contributed by atoms with Crippen molar-refractivity contribution in [1.29, 1.82) is 0 Å². The van der Waals surface area contributed by atoms with E-state index in [9.17, 15) is 9.59 Å². The van der Waals surface area contributed by atoms with E-state index in [1.165, 1.54) is 11.2 Å². The number of primary amides is 1. The monoisotopic (exact) mass is 302 g/mol. The topological polar surface area (TPSA) is 76.5 Å². The molecule has 0 aromatic carbocycles. The first-order chi connectivity index (χ1) is 8.06. The van der Waals surface area contributed by atoms with Gasteiger partial charge in [-0.1, -0.05) is 13.3 Å². The molecule has 0 radical (unpaired) electrons. The number of furan rings is 1. The molecule has 0 spiro atoms. The zero-order valence-corrected chi connectivity index (χ0v) is 11.2. The van der Waals surface area contributed by atoms with Crippen molar-refractivity contribution < 1.29 is 14.0 Å². The number of nitrogens with zero attached hydrogens (tertiary/aromatic N) is 1. The minimum atomic E-state index is -0.519. The average Bonchev–Trinajstić information content (AvgIpc) is 2.69. The molecule has 0 saturated heterocycles. The predicted octanol–water partition coefficient (Wildman–Crippen LogP) is 1.77. The molecule has 17 heavy (non-hydrogen) atoms. The fraction of sp³-hybridized carbons (Fsp3) is 0.455. The summed E-state index contributed by atoms with van der Waals surface area (Å²) in [6.07, 6.45) is 3.18. The third-order valence-corrected chi connectivity index (χ3v) is 2.88. The molecule has 94 valence electrons. The van der Waals surface area contributed by atoms with Crippen LogP contribution in [0, 0.1) is 0 Å². The van der Waals surface area contributed by atoms with Crippen LogP contribution in [0.2, 0.25) is 0 Å². The molecule has 2 N–H and O–H groups in total. The molecular formula is C11H15BrN2O3. The van der Waals surface area contributed by atoms with E-state index in [4.69, 9.17) is 10.2 Å². The van der Waals surface area contributed by atoms with Gasteiger partial charge in [0.2, 0.25) is 5.91 Å². The minimum absolute atomic E-state index is 0.0730. The maximum atomic E-state index is 12.1. The van der Waals surface area contributed by atoms with Crippen molar-refractivity contribution in [3.8, 4) is 0 Å². The summed E-state index contributed by atoms with van der Waals surface area (Å²) in [6.45, 7) is 2.45. The van der Waals surface area contributed by atoms with E-state index in [2.05, 4.69) is 15.9 Å². The molecule has 0 unspecified atom stereocenters. The summed E-state index contributed by atoms with van der Waals surface area (Å²) in [7, 11) is 0. The second-order valence-electron chi connectivity index (χ2n) is 3.65. The Balaban J connectivity index is 2.78. The summed E-state index contributed by atoms with van der Waals surface area (Å²) >= 11 is 3.14. The van der Waals surface area contributed by atoms with Gasteiger partial charge in [-0.3, -0.25) is 9.59 Å². The summed E-state index contributed by atoms with van der Waals surface area (Å²) < 4.78 is 5.37. The van der Waals surface area contributed by atoms with Gasteiger partial charge in [-0.2, -0.15) is 0 Å². The zero-order valence-electron chi connectivity index (χ0n) is 9.61. The molecule has 0 aliphatic heterocycles. The number of unbranched alkanes of at least 4 members (excludes halogenated alkanes) is 1. The van der Waals surface area contributed by atoms with Gasteiger partial charge in [0.15, 0.2) is 4.67 Å². The number of hydrogen-bond donors (Lipinski definition) is 1. The Labute approximate surface area is 108 Å². The molecule has 1 heterocycles. The number of rotatable bonds is 6. The van der Waals surface area contributed by atoms with E-state index >= 15 is 0 Å². The third-order valence-electron chi connectivity index (χ3n) is 2.26. The Kier molecular flexibility index (Phi) is 5.21. The lowest BCUT2D eigenvalue weighted by Gasteiger charge is -2.20. The fourth-order valence-corrected chi connectivity index (χ4v) is 1.82. The summed E-state index contributed by atoms with van der Waals surface area (Å²) in [5.74, 6) is -0.771. The molecule has 0 aliphatic carbocycles. The van der Waals surface area contributed by atoms with Gasteiger partial charge < -0.3 is 15.1 Å². The van der Waals surface area contributed by atoms with E-state index in [1.54, 1.807) is 6.07 Å². The second-order valence-corrected chi connectivity index (χ2v) is 4.37. The van der Waals surface area contributed by atoms with E-state index < -0.39 is 5.91 Å². The standard InChI is InChI=1S/C11H15BrN2O3/c1-2-3-5-14(7-9(13)15)11(16)8-4-6-17-10(8)12/h4,6H,2-3,5,7H2,1H3,(H2,13,15). The van der Waals surface area contributed by atoms with Gasteiger partial charge in [-0.05, 0) is 28.4 Å². The molecule has 6 heteroatoms. The van der Waals surface area contributed by atoms with Crippen LogP contribution < -0.4 is 5.73 Å². The lowest BCUT2D eigenvalue weighted by Crippen LogP contribution is -2.39. The number of carbonyl (C=O) groups is 2. The molecule has 1 aromatic heterocycles. The van der Waals surface area contributed by atoms with Crippen LogP contribution in [-0.4, -0.2) is 29.8 Å². The fourth-order valence-electron chi connectivity index (χ4n) is 1.41. The minimum Gasteiger partial charge on any atom is -0.457 e. The maximum Gasteiger partial charge on any atom is 0.258 e. The first-order valence-corrected chi connectivity index (χ1v) is 6.16. The second kappa shape index (κ2) is 6.44. The van der Waals surface area contributed by atoms with Crippen LogP contribution in [0.25, 0.3) is 0 Å². The van der Waals surface area contributed by atoms with E-state index in [1.807, 2.05) is 6.92 Å². The van der Waals surface area contributed by atoms with Gasteiger partial charge in [0, 0.05) is 6.54 Å². The van der Waals surface area contributed by atoms with Crippen LogP contribution in [0.3, 0.4) is 0 Å². The molecule has 0 saturated carbocycles. The quantitative estimate of drug-likeness (QED) is 0.870. The summed E-state index contributed by atoms with van der Waals surface area (Å²) in [5, 5.41) is 0. The van der Waals surface area contributed by atoms with Gasteiger partial charge in [0.1, 0.15) is 0 Å². The lowest BCUT2D eigenvalue weighted by atomic mass is 10.2. The smallest absolute Gasteiger partial charge is 0.258 e. The van der Waals surface area contributed by atoms with Crippen LogP contribution in [0.1, 0.15) is 30.1 Å². The Morgan fingerprint density at radius 2 is 2.24 bits per heavy atom. The van der Waals surface area contributed by atoms with Crippen molar-refractivity contribution in [1.82, 2.24) is 4.90 Å². The summed E-state index contributed by atoms with van der Waals surface area (Å²) in [6, 6.07) is 1.56. The van der Waals surface area contributed by atoms with E-state index in [0.29, 0.717) is 16.8 Å². The third kappa shape index (κ3) is 3.89. The highest BCUT2D eigenvalue weighted by atomic mass is 79.9. The SMILES string of the molecule is CCCCN(CC(N)=O)C(=O)c1ccoc1Br. The lowest BCUT2D eigenvalue weighted by molar-refractivity contribution is -0.118. The van der Waals surface area contributed by atoms with Crippen molar-refractivity contribution in [3.63, 3.8) is 0 Å². The number of amides is 2. The first kappa shape index (κ1) is 13.8. The Morgan fingerprint density at radius 1 is 1.53 bits per heavy atom. The molecule has 0 bridgehead atoms. The summed E-state index contributed by atoms with van der Waals surface area (Å²) in [4.78, 5) is 24.5. The number of hydrogen-bond acceptors (Lipinski definition) is 3. The molecule has 0 fully saturated rings. The van der Waals surface area contributed by atoms with Crippen LogP contribution in [0.4, 0.5) is 0 Å². The Hall–Kier alpha value is -1.30. The van der Waals surface area contributed by atoms with Crippen molar-refractivity contribution in [2.45, 2.75) is 19.8 Å². The highest BCUT2D eigenvalue weighted by Gasteiger charge is 2.20. The van der Waals surface area contributed by atoms with Crippen molar-refractivity contribution in [2.75, 3.05) is 13.1 Å². The van der Waals surface area contributed by atoms with Gasteiger partial charge >= 0.3 is 0 Å². The molecule has 0 atom stereocenters. The zero-order chi connectivity index (χ0) is 12.8. The van der Waals surface area contributed by atoms with Crippen molar-refractivity contribution in [3.05, 3.63) is 22.6 Å². The van der Waals surface area contributed by atoms with Crippen LogP contribution in [0.5, 0.6) is 0 Å². The van der Waals surface area contributed by atoms with Crippen LogP contribution >= 0.6 is 15.9 Å².